The van der Waals surface area contributed by atoms with Gasteiger partial charge < -0.3 is 5.11 Å². The molecule has 1 unspecified atom stereocenters. The van der Waals surface area contributed by atoms with E-state index in [9.17, 15) is 0 Å². The van der Waals surface area contributed by atoms with Crippen molar-refractivity contribution in [3.63, 3.8) is 0 Å². The SMILES string of the molecule is CC#CC(C)(O)CC#N. The van der Waals surface area contributed by atoms with Gasteiger partial charge in [-0.3, -0.25) is 0 Å². The van der Waals surface area contributed by atoms with E-state index in [-0.39, 0.29) is 6.42 Å². The normalized spacial score (nSPS) is 14.4. The third kappa shape index (κ3) is 3.58. The van der Waals surface area contributed by atoms with Crippen molar-refractivity contribution in [1.82, 2.24) is 0 Å². The fourth-order valence-corrected chi connectivity index (χ4v) is 0.467. The molecule has 0 heterocycles. The van der Waals surface area contributed by atoms with Gasteiger partial charge in [0, 0.05) is 0 Å². The highest BCUT2D eigenvalue weighted by atomic mass is 16.3. The van der Waals surface area contributed by atoms with Gasteiger partial charge in [0.1, 0.15) is 5.60 Å². The molecule has 9 heavy (non-hydrogen) atoms. The van der Waals surface area contributed by atoms with Crippen LogP contribution in [-0.4, -0.2) is 10.7 Å². The molecular formula is C7H9NO. The summed E-state index contributed by atoms with van der Waals surface area (Å²) in [6.07, 6.45) is 0.0633. The summed E-state index contributed by atoms with van der Waals surface area (Å²) in [4.78, 5) is 0. The van der Waals surface area contributed by atoms with Gasteiger partial charge in [-0.15, -0.1) is 5.92 Å². The van der Waals surface area contributed by atoms with Crippen molar-refractivity contribution in [3.8, 4) is 17.9 Å². The molecule has 2 nitrogen and oxygen atoms in total. The minimum Gasteiger partial charge on any atom is -0.377 e. The van der Waals surface area contributed by atoms with E-state index in [1.165, 1.54) is 6.92 Å². The van der Waals surface area contributed by atoms with Crippen LogP contribution in [0.2, 0.25) is 0 Å². The lowest BCUT2D eigenvalue weighted by atomic mass is 10.1. The first kappa shape index (κ1) is 8.01. The van der Waals surface area contributed by atoms with Crippen LogP contribution in [0.5, 0.6) is 0 Å². The summed E-state index contributed by atoms with van der Waals surface area (Å²) < 4.78 is 0. The molecule has 0 aromatic heterocycles. The lowest BCUT2D eigenvalue weighted by Gasteiger charge is -2.09. The van der Waals surface area contributed by atoms with E-state index in [2.05, 4.69) is 11.8 Å². The highest BCUT2D eigenvalue weighted by Gasteiger charge is 2.14. The van der Waals surface area contributed by atoms with Gasteiger partial charge in [-0.2, -0.15) is 5.26 Å². The molecule has 0 aromatic carbocycles. The van der Waals surface area contributed by atoms with Crippen molar-refractivity contribution in [2.45, 2.75) is 25.9 Å². The van der Waals surface area contributed by atoms with Crippen LogP contribution in [0.15, 0.2) is 0 Å². The van der Waals surface area contributed by atoms with E-state index >= 15 is 0 Å². The van der Waals surface area contributed by atoms with Gasteiger partial charge in [0.05, 0.1) is 12.5 Å². The molecule has 0 aliphatic carbocycles. The molecule has 48 valence electrons. The van der Waals surface area contributed by atoms with E-state index in [0.717, 1.165) is 0 Å². The van der Waals surface area contributed by atoms with Crippen molar-refractivity contribution in [1.29, 1.82) is 5.26 Å². The van der Waals surface area contributed by atoms with E-state index in [0.29, 0.717) is 0 Å². The predicted molar refractivity (Wildman–Crippen MR) is 34.3 cm³/mol. The van der Waals surface area contributed by atoms with Crippen LogP contribution < -0.4 is 0 Å². The average Bonchev–Trinajstić information content (AvgIpc) is 1.64. The first-order valence-electron chi connectivity index (χ1n) is 2.65. The minimum absolute atomic E-state index is 0.0633. The summed E-state index contributed by atoms with van der Waals surface area (Å²) in [5.41, 5.74) is -1.12. The van der Waals surface area contributed by atoms with Crippen LogP contribution in [-0.2, 0) is 0 Å². The number of hydrogen-bond acceptors (Lipinski definition) is 2. The second-order valence-corrected chi connectivity index (χ2v) is 1.98. The highest BCUT2D eigenvalue weighted by molar-refractivity contribution is 5.12. The molecule has 0 aliphatic heterocycles. The van der Waals surface area contributed by atoms with Gasteiger partial charge in [-0.05, 0) is 13.8 Å². The maximum absolute atomic E-state index is 9.12. The Hall–Kier alpha value is -0.990. The van der Waals surface area contributed by atoms with Crippen LogP contribution in [0.3, 0.4) is 0 Å². The van der Waals surface area contributed by atoms with Gasteiger partial charge in [0.25, 0.3) is 0 Å². The lowest BCUT2D eigenvalue weighted by Crippen LogP contribution is -2.19. The van der Waals surface area contributed by atoms with E-state index < -0.39 is 5.60 Å². The van der Waals surface area contributed by atoms with Crippen molar-refractivity contribution in [2.75, 3.05) is 0 Å². The molecule has 1 atom stereocenters. The highest BCUT2D eigenvalue weighted by Crippen LogP contribution is 2.04. The summed E-state index contributed by atoms with van der Waals surface area (Å²) in [5, 5.41) is 17.3. The Morgan fingerprint density at radius 2 is 2.22 bits per heavy atom. The Labute approximate surface area is 55.1 Å². The molecular weight excluding hydrogens is 114 g/mol. The van der Waals surface area contributed by atoms with Crippen LogP contribution in [0, 0.1) is 23.2 Å². The Morgan fingerprint density at radius 3 is 2.56 bits per heavy atom. The van der Waals surface area contributed by atoms with E-state index in [1.807, 2.05) is 6.07 Å². The fourth-order valence-electron chi connectivity index (χ4n) is 0.467. The van der Waals surface area contributed by atoms with Crippen molar-refractivity contribution >= 4 is 0 Å². The molecule has 0 saturated heterocycles. The number of aliphatic hydroxyl groups is 1. The molecule has 0 rings (SSSR count). The Morgan fingerprint density at radius 1 is 1.67 bits per heavy atom. The predicted octanol–water partition coefficient (Wildman–Crippen LogP) is 0.674. The van der Waals surface area contributed by atoms with E-state index in [4.69, 9.17) is 10.4 Å². The molecule has 0 spiro atoms. The third-order valence-electron chi connectivity index (χ3n) is 0.818. The summed E-state index contributed by atoms with van der Waals surface area (Å²) in [5.74, 6) is 5.05. The summed E-state index contributed by atoms with van der Waals surface area (Å²) in [7, 11) is 0. The van der Waals surface area contributed by atoms with Gasteiger partial charge in [0.15, 0.2) is 0 Å². The molecule has 0 saturated carbocycles. The summed E-state index contributed by atoms with van der Waals surface area (Å²) in [6.45, 7) is 3.15. The van der Waals surface area contributed by atoms with Crippen LogP contribution >= 0.6 is 0 Å². The topological polar surface area (TPSA) is 44.0 Å². The first-order valence-corrected chi connectivity index (χ1v) is 2.65. The fraction of sp³-hybridized carbons (Fsp3) is 0.571. The zero-order valence-corrected chi connectivity index (χ0v) is 5.60. The molecule has 0 radical (unpaired) electrons. The first-order chi connectivity index (χ1) is 4.12. The Bertz CT molecular complexity index is 177. The Balaban J connectivity index is 4.00. The summed E-state index contributed by atoms with van der Waals surface area (Å²) >= 11 is 0. The second kappa shape index (κ2) is 3.12. The lowest BCUT2D eigenvalue weighted by molar-refractivity contribution is 0.127. The second-order valence-electron chi connectivity index (χ2n) is 1.98. The molecule has 0 fully saturated rings. The van der Waals surface area contributed by atoms with Crippen molar-refractivity contribution < 1.29 is 5.11 Å². The maximum atomic E-state index is 9.12. The number of nitriles is 1. The zero-order valence-electron chi connectivity index (χ0n) is 5.60. The van der Waals surface area contributed by atoms with Gasteiger partial charge in [-0.1, -0.05) is 5.92 Å². The van der Waals surface area contributed by atoms with Crippen LogP contribution in [0.25, 0.3) is 0 Å². The zero-order chi connectivity index (χ0) is 7.33. The average molecular weight is 123 g/mol. The third-order valence-corrected chi connectivity index (χ3v) is 0.818. The molecule has 0 amide bonds. The Kier molecular flexibility index (Phi) is 2.78. The monoisotopic (exact) mass is 123 g/mol. The van der Waals surface area contributed by atoms with Gasteiger partial charge >= 0.3 is 0 Å². The van der Waals surface area contributed by atoms with Gasteiger partial charge in [-0.25, -0.2) is 0 Å². The number of nitrogens with zero attached hydrogens (tertiary/aromatic N) is 1. The summed E-state index contributed by atoms with van der Waals surface area (Å²) in [6, 6.07) is 1.84. The molecule has 0 aromatic rings. The smallest absolute Gasteiger partial charge is 0.135 e. The van der Waals surface area contributed by atoms with Crippen molar-refractivity contribution in [3.05, 3.63) is 0 Å². The number of hydrogen-bond donors (Lipinski definition) is 1. The molecule has 1 N–H and O–H groups in total. The molecule has 0 bridgehead atoms. The number of rotatable bonds is 1. The minimum atomic E-state index is -1.12. The quantitative estimate of drug-likeness (QED) is 0.521. The van der Waals surface area contributed by atoms with Crippen molar-refractivity contribution in [2.24, 2.45) is 0 Å². The van der Waals surface area contributed by atoms with E-state index in [1.54, 1.807) is 6.92 Å². The maximum Gasteiger partial charge on any atom is 0.135 e. The van der Waals surface area contributed by atoms with Crippen LogP contribution in [0.4, 0.5) is 0 Å². The molecule has 0 aliphatic rings. The van der Waals surface area contributed by atoms with Gasteiger partial charge in [0.2, 0.25) is 0 Å². The largest absolute Gasteiger partial charge is 0.377 e. The molecule has 2 heteroatoms. The standard InChI is InChI=1S/C7H9NO/c1-3-4-7(2,9)5-6-8/h9H,5H2,1-2H3. The van der Waals surface area contributed by atoms with Crippen LogP contribution in [0.1, 0.15) is 20.3 Å².